The van der Waals surface area contributed by atoms with E-state index in [0.717, 1.165) is 22.2 Å². The van der Waals surface area contributed by atoms with E-state index in [9.17, 15) is 4.79 Å². The van der Waals surface area contributed by atoms with Crippen molar-refractivity contribution in [2.24, 2.45) is 0 Å². The maximum Gasteiger partial charge on any atom is 0.228 e. The third-order valence-electron chi connectivity index (χ3n) is 3.18. The molecule has 3 aromatic rings. The van der Waals surface area contributed by atoms with Gasteiger partial charge in [0.15, 0.2) is 0 Å². The molecule has 1 aromatic heterocycles. The summed E-state index contributed by atoms with van der Waals surface area (Å²) in [5.41, 5.74) is 2.55. The van der Waals surface area contributed by atoms with Gasteiger partial charge in [-0.05, 0) is 6.07 Å². The van der Waals surface area contributed by atoms with E-state index in [2.05, 4.69) is 0 Å². The van der Waals surface area contributed by atoms with Crippen LogP contribution in [0.1, 0.15) is 11.7 Å². The van der Waals surface area contributed by atoms with Gasteiger partial charge in [-0.25, -0.2) is 0 Å². The molecule has 0 amide bonds. The topological polar surface area (TPSA) is 22.0 Å². The van der Waals surface area contributed by atoms with Gasteiger partial charge in [-0.2, -0.15) is 0 Å². The number of rotatable bonds is 1. The van der Waals surface area contributed by atoms with Gasteiger partial charge in [-0.15, -0.1) is 0 Å². The van der Waals surface area contributed by atoms with E-state index in [0.29, 0.717) is 5.02 Å². The summed E-state index contributed by atoms with van der Waals surface area (Å²) in [6.07, 6.45) is 0. The Morgan fingerprint density at radius 2 is 1.63 bits per heavy atom. The highest BCUT2D eigenvalue weighted by Crippen LogP contribution is 2.37. The second-order valence-electron chi connectivity index (χ2n) is 4.40. The average Bonchev–Trinajstić information content (AvgIpc) is 2.74. The first-order valence-corrected chi connectivity index (χ1v) is 6.43. The fraction of sp³-hybridized carbons (Fsp3) is 0.0625. The van der Waals surface area contributed by atoms with Gasteiger partial charge < -0.3 is 0 Å². The van der Waals surface area contributed by atoms with Crippen LogP contribution in [0.2, 0.25) is 5.02 Å². The minimum atomic E-state index is -0.0399. The molecule has 0 atom stereocenters. The molecule has 2 aromatic carbocycles. The SMILES string of the molecule is CC(=O)n1c(-c2ccccc2)c(Cl)c2ccccc21. The van der Waals surface area contributed by atoms with Gasteiger partial charge in [0.25, 0.3) is 0 Å². The van der Waals surface area contributed by atoms with Crippen molar-refractivity contribution in [2.75, 3.05) is 0 Å². The van der Waals surface area contributed by atoms with Crippen LogP contribution in [0, 0.1) is 0 Å². The highest BCUT2D eigenvalue weighted by molar-refractivity contribution is 6.39. The predicted molar refractivity (Wildman–Crippen MR) is 78.7 cm³/mol. The molecular formula is C16H12ClNO. The zero-order valence-corrected chi connectivity index (χ0v) is 11.2. The minimum absolute atomic E-state index is 0.0399. The Bertz CT molecular complexity index is 759. The fourth-order valence-corrected chi connectivity index (χ4v) is 2.73. The average molecular weight is 270 g/mol. The monoisotopic (exact) mass is 269 g/mol. The van der Waals surface area contributed by atoms with Gasteiger partial charge in [-0.1, -0.05) is 60.1 Å². The highest BCUT2D eigenvalue weighted by Gasteiger charge is 2.18. The van der Waals surface area contributed by atoms with Crippen molar-refractivity contribution in [1.29, 1.82) is 0 Å². The summed E-state index contributed by atoms with van der Waals surface area (Å²) in [5, 5.41) is 1.52. The lowest BCUT2D eigenvalue weighted by Gasteiger charge is -2.07. The third kappa shape index (κ3) is 1.85. The van der Waals surface area contributed by atoms with E-state index >= 15 is 0 Å². The molecule has 0 unspecified atom stereocenters. The fourth-order valence-electron chi connectivity index (χ4n) is 2.38. The number of aromatic nitrogens is 1. The molecule has 1 heterocycles. The molecular weight excluding hydrogens is 258 g/mol. The first-order chi connectivity index (χ1) is 9.20. The van der Waals surface area contributed by atoms with Crippen molar-refractivity contribution >= 4 is 28.4 Å². The van der Waals surface area contributed by atoms with Crippen LogP contribution in [0.3, 0.4) is 0 Å². The summed E-state index contributed by atoms with van der Waals surface area (Å²) in [4.78, 5) is 12.0. The molecule has 0 radical (unpaired) electrons. The van der Waals surface area contributed by atoms with Crippen LogP contribution in [0.5, 0.6) is 0 Å². The number of para-hydroxylation sites is 1. The number of benzene rings is 2. The van der Waals surface area contributed by atoms with Gasteiger partial charge in [0.1, 0.15) is 0 Å². The maximum atomic E-state index is 12.0. The van der Waals surface area contributed by atoms with Gasteiger partial charge in [-0.3, -0.25) is 9.36 Å². The lowest BCUT2D eigenvalue weighted by atomic mass is 10.1. The Labute approximate surface area is 116 Å². The summed E-state index contributed by atoms with van der Waals surface area (Å²) in [7, 11) is 0. The standard InChI is InChI=1S/C16H12ClNO/c1-11(19)18-14-10-6-5-9-13(14)15(17)16(18)12-7-3-2-4-8-12/h2-10H,1H3. The largest absolute Gasteiger partial charge is 0.279 e. The minimum Gasteiger partial charge on any atom is -0.279 e. The first-order valence-electron chi connectivity index (χ1n) is 6.05. The van der Waals surface area contributed by atoms with Crippen molar-refractivity contribution in [3.8, 4) is 11.3 Å². The summed E-state index contributed by atoms with van der Waals surface area (Å²) in [5.74, 6) is -0.0399. The normalized spacial score (nSPS) is 10.8. The van der Waals surface area contributed by atoms with Crippen molar-refractivity contribution in [3.05, 3.63) is 59.6 Å². The first kappa shape index (κ1) is 12.0. The molecule has 94 valence electrons. The molecule has 0 bridgehead atoms. The molecule has 0 saturated heterocycles. The predicted octanol–water partition coefficient (Wildman–Crippen LogP) is 4.62. The van der Waals surface area contributed by atoms with Crippen LogP contribution in [0.15, 0.2) is 54.6 Å². The lowest BCUT2D eigenvalue weighted by molar-refractivity contribution is 0.0943. The van der Waals surface area contributed by atoms with E-state index in [1.807, 2.05) is 54.6 Å². The summed E-state index contributed by atoms with van der Waals surface area (Å²) in [6.45, 7) is 1.55. The van der Waals surface area contributed by atoms with E-state index in [-0.39, 0.29) is 5.91 Å². The van der Waals surface area contributed by atoms with Crippen LogP contribution in [0.25, 0.3) is 22.2 Å². The molecule has 0 N–H and O–H groups in total. The zero-order valence-electron chi connectivity index (χ0n) is 10.4. The second kappa shape index (κ2) is 4.56. The Kier molecular flexibility index (Phi) is 2.88. The molecule has 0 aliphatic rings. The Balaban J connectivity index is 2.44. The third-order valence-corrected chi connectivity index (χ3v) is 3.56. The molecule has 2 nitrogen and oxygen atoms in total. The van der Waals surface area contributed by atoms with E-state index in [1.165, 1.54) is 0 Å². The second-order valence-corrected chi connectivity index (χ2v) is 4.78. The zero-order chi connectivity index (χ0) is 13.4. The quantitative estimate of drug-likeness (QED) is 0.632. The van der Waals surface area contributed by atoms with Crippen molar-refractivity contribution in [2.45, 2.75) is 6.92 Å². The number of hydrogen-bond acceptors (Lipinski definition) is 1. The number of carbonyl (C=O) groups excluding carboxylic acids is 1. The van der Waals surface area contributed by atoms with Gasteiger partial charge in [0.2, 0.25) is 5.91 Å². The van der Waals surface area contributed by atoms with Gasteiger partial charge in [0, 0.05) is 17.9 Å². The van der Waals surface area contributed by atoms with Crippen molar-refractivity contribution < 1.29 is 4.79 Å². The van der Waals surface area contributed by atoms with Crippen LogP contribution in [-0.2, 0) is 0 Å². The van der Waals surface area contributed by atoms with Crippen LogP contribution in [-0.4, -0.2) is 10.5 Å². The van der Waals surface area contributed by atoms with E-state index < -0.39 is 0 Å². The Morgan fingerprint density at radius 3 is 2.32 bits per heavy atom. The van der Waals surface area contributed by atoms with Crippen molar-refractivity contribution in [1.82, 2.24) is 4.57 Å². The molecule has 0 saturated carbocycles. The lowest BCUT2D eigenvalue weighted by Crippen LogP contribution is -2.06. The maximum absolute atomic E-state index is 12.0. The smallest absolute Gasteiger partial charge is 0.228 e. The Morgan fingerprint density at radius 1 is 1.00 bits per heavy atom. The molecule has 19 heavy (non-hydrogen) atoms. The van der Waals surface area contributed by atoms with Crippen LogP contribution < -0.4 is 0 Å². The number of carbonyl (C=O) groups is 1. The van der Waals surface area contributed by atoms with Crippen molar-refractivity contribution in [3.63, 3.8) is 0 Å². The molecule has 0 fully saturated rings. The van der Waals surface area contributed by atoms with E-state index in [4.69, 9.17) is 11.6 Å². The van der Waals surface area contributed by atoms with E-state index in [1.54, 1.807) is 11.5 Å². The van der Waals surface area contributed by atoms with Crippen LogP contribution >= 0.6 is 11.6 Å². The number of nitrogens with zero attached hydrogens (tertiary/aromatic N) is 1. The Hall–Kier alpha value is -2.06. The molecule has 0 aliphatic carbocycles. The molecule has 3 heteroatoms. The summed E-state index contributed by atoms with van der Waals surface area (Å²) in [6, 6.07) is 17.4. The summed E-state index contributed by atoms with van der Waals surface area (Å²) >= 11 is 6.47. The molecule has 3 rings (SSSR count). The number of fused-ring (bicyclic) bond motifs is 1. The van der Waals surface area contributed by atoms with Gasteiger partial charge in [0.05, 0.1) is 16.2 Å². The number of halogens is 1. The molecule has 0 spiro atoms. The summed E-state index contributed by atoms with van der Waals surface area (Å²) < 4.78 is 1.67. The molecule has 0 aliphatic heterocycles. The highest BCUT2D eigenvalue weighted by atomic mass is 35.5. The van der Waals surface area contributed by atoms with Crippen LogP contribution in [0.4, 0.5) is 0 Å². The number of hydrogen-bond donors (Lipinski definition) is 0. The van der Waals surface area contributed by atoms with Gasteiger partial charge >= 0.3 is 0 Å².